The average molecular weight is 355 g/mol. The molecule has 10 heteroatoms. The molecule has 0 saturated heterocycles. The van der Waals surface area contributed by atoms with Crippen LogP contribution in [0.4, 0.5) is 13.2 Å². The number of carbonyl (C=O) groups is 1. The van der Waals surface area contributed by atoms with E-state index in [4.69, 9.17) is 5.11 Å². The van der Waals surface area contributed by atoms with Crippen LogP contribution >= 0.6 is 0 Å². The predicted octanol–water partition coefficient (Wildman–Crippen LogP) is 2.19. The van der Waals surface area contributed by atoms with E-state index in [0.29, 0.717) is 12.1 Å². The lowest BCUT2D eigenvalue weighted by Crippen LogP contribution is -2.41. The van der Waals surface area contributed by atoms with Crippen LogP contribution in [0.1, 0.15) is 25.8 Å². The maximum absolute atomic E-state index is 12.7. The summed E-state index contributed by atoms with van der Waals surface area (Å²) in [5.74, 6) is -2.54. The topological polar surface area (TPSA) is 104 Å². The fourth-order valence-corrected chi connectivity index (χ4v) is 3.15. The summed E-state index contributed by atoms with van der Waals surface area (Å²) < 4.78 is 64.0. The summed E-state index contributed by atoms with van der Waals surface area (Å²) in [6.07, 6.45) is -4.86. The summed E-state index contributed by atoms with van der Waals surface area (Å²) in [5.41, 5.74) is -1.27. The third-order valence-electron chi connectivity index (χ3n) is 2.88. The van der Waals surface area contributed by atoms with Crippen LogP contribution in [0.15, 0.2) is 23.1 Å². The highest BCUT2D eigenvalue weighted by atomic mass is 32.2. The van der Waals surface area contributed by atoms with Gasteiger partial charge in [-0.2, -0.15) is 17.9 Å². The van der Waals surface area contributed by atoms with Gasteiger partial charge in [-0.25, -0.2) is 8.42 Å². The van der Waals surface area contributed by atoms with E-state index in [1.54, 1.807) is 18.6 Å². The van der Waals surface area contributed by atoms with Gasteiger partial charge in [0, 0.05) is 0 Å². The van der Waals surface area contributed by atoms with Gasteiger partial charge in [-0.05, 0) is 30.5 Å². The highest BCUT2D eigenvalue weighted by Gasteiger charge is 2.34. The predicted molar refractivity (Wildman–Crippen MR) is 74.3 cm³/mol. The van der Waals surface area contributed by atoms with Gasteiger partial charge >= 0.3 is 12.1 Å². The first-order chi connectivity index (χ1) is 10.3. The van der Waals surface area contributed by atoms with Crippen LogP contribution in [0.25, 0.3) is 0 Å². The molecular weight excluding hydrogens is 339 g/mol. The summed E-state index contributed by atoms with van der Waals surface area (Å²) in [4.78, 5) is 10.1. The number of benzene rings is 1. The Kier molecular flexibility index (Phi) is 5.65. The van der Waals surface area contributed by atoms with Crippen molar-refractivity contribution in [3.63, 3.8) is 0 Å². The first kappa shape index (κ1) is 19.2. The Balaban J connectivity index is 3.24. The number of hydrogen-bond acceptors (Lipinski definition) is 4. The maximum atomic E-state index is 12.7. The van der Waals surface area contributed by atoms with E-state index in [2.05, 4.69) is 0 Å². The molecule has 0 bridgehead atoms. The molecule has 3 N–H and O–H groups in total. The second kappa shape index (κ2) is 6.75. The summed E-state index contributed by atoms with van der Waals surface area (Å²) >= 11 is 0. The van der Waals surface area contributed by atoms with Crippen molar-refractivity contribution in [1.82, 2.24) is 4.72 Å². The normalized spacial score (nSPS) is 14.0. The highest BCUT2D eigenvalue weighted by Crippen LogP contribution is 2.34. The van der Waals surface area contributed by atoms with Gasteiger partial charge in [0.2, 0.25) is 10.0 Å². The maximum Gasteiger partial charge on any atom is 0.416 e. The molecule has 1 aromatic carbocycles. The highest BCUT2D eigenvalue weighted by molar-refractivity contribution is 7.89. The van der Waals surface area contributed by atoms with Gasteiger partial charge in [0.15, 0.2) is 0 Å². The van der Waals surface area contributed by atoms with Crippen LogP contribution < -0.4 is 4.72 Å². The fraction of sp³-hybridized carbons (Fsp3) is 0.462. The lowest BCUT2D eigenvalue weighted by molar-refractivity contribution is -0.139. The minimum absolute atomic E-state index is 0.0612. The zero-order chi connectivity index (χ0) is 18.0. The molecule has 0 aliphatic rings. The van der Waals surface area contributed by atoms with Crippen molar-refractivity contribution in [1.29, 1.82) is 0 Å². The SMILES string of the molecule is CC(C)CC(NS(=O)(=O)c1cc(C(F)(F)F)ccc1O)C(=O)O. The van der Waals surface area contributed by atoms with Crippen molar-refractivity contribution in [3.8, 4) is 5.75 Å². The molecule has 0 heterocycles. The molecule has 23 heavy (non-hydrogen) atoms. The third-order valence-corrected chi connectivity index (χ3v) is 4.38. The van der Waals surface area contributed by atoms with Crippen LogP contribution in [0.5, 0.6) is 5.75 Å². The van der Waals surface area contributed by atoms with Crippen molar-refractivity contribution in [2.45, 2.75) is 37.4 Å². The number of alkyl halides is 3. The number of aromatic hydroxyl groups is 1. The monoisotopic (exact) mass is 355 g/mol. The number of carboxylic acid groups (broad SMARTS) is 1. The van der Waals surface area contributed by atoms with E-state index in [9.17, 15) is 31.5 Å². The number of aliphatic carboxylic acids is 1. The molecular formula is C13H16F3NO5S. The standard InChI is InChI=1S/C13H16F3NO5S/c1-7(2)5-9(12(19)20)17-23(21,22)11-6-8(13(14,15)16)3-4-10(11)18/h3-4,6-7,9,17-18H,5H2,1-2H3,(H,19,20). The van der Waals surface area contributed by atoms with Crippen LogP contribution in [-0.2, 0) is 21.0 Å². The number of rotatable bonds is 6. The molecule has 0 aromatic heterocycles. The third kappa shape index (κ3) is 5.10. The van der Waals surface area contributed by atoms with Crippen LogP contribution in [-0.4, -0.2) is 30.6 Å². The van der Waals surface area contributed by atoms with Gasteiger partial charge in [-0.15, -0.1) is 0 Å². The summed E-state index contributed by atoms with van der Waals surface area (Å²) in [6, 6.07) is -0.146. The van der Waals surface area contributed by atoms with Crippen LogP contribution in [0, 0.1) is 5.92 Å². The Morgan fingerprint density at radius 3 is 2.30 bits per heavy atom. The second-order valence-electron chi connectivity index (χ2n) is 5.32. The lowest BCUT2D eigenvalue weighted by atomic mass is 10.1. The zero-order valence-corrected chi connectivity index (χ0v) is 13.1. The number of halogens is 3. The molecule has 6 nitrogen and oxygen atoms in total. The molecule has 0 radical (unpaired) electrons. The molecule has 0 spiro atoms. The Labute approximate surface area is 131 Å². The zero-order valence-electron chi connectivity index (χ0n) is 12.3. The number of sulfonamides is 1. The first-order valence-electron chi connectivity index (χ1n) is 6.50. The summed E-state index contributed by atoms with van der Waals surface area (Å²) in [7, 11) is -4.64. The van der Waals surface area contributed by atoms with Gasteiger partial charge in [0.1, 0.15) is 16.7 Å². The Bertz CT molecular complexity index is 685. The van der Waals surface area contributed by atoms with E-state index in [0.717, 1.165) is 0 Å². The Hall–Kier alpha value is -1.81. The molecule has 0 amide bonds. The van der Waals surface area contributed by atoms with Crippen molar-refractivity contribution in [2.75, 3.05) is 0 Å². The van der Waals surface area contributed by atoms with Crippen molar-refractivity contribution in [2.24, 2.45) is 5.92 Å². The van der Waals surface area contributed by atoms with E-state index < -0.39 is 44.4 Å². The molecule has 1 aromatic rings. The Morgan fingerprint density at radius 2 is 1.87 bits per heavy atom. The smallest absolute Gasteiger partial charge is 0.416 e. The fourth-order valence-electron chi connectivity index (χ4n) is 1.83. The minimum atomic E-state index is -4.80. The van der Waals surface area contributed by atoms with Gasteiger partial charge in [-0.1, -0.05) is 13.8 Å². The second-order valence-corrected chi connectivity index (χ2v) is 7.00. The molecule has 0 fully saturated rings. The number of phenols is 1. The van der Waals surface area contributed by atoms with E-state index >= 15 is 0 Å². The Morgan fingerprint density at radius 1 is 1.30 bits per heavy atom. The van der Waals surface area contributed by atoms with E-state index in [1.807, 2.05) is 0 Å². The van der Waals surface area contributed by atoms with Gasteiger partial charge in [-0.3, -0.25) is 4.79 Å². The quantitative estimate of drug-likeness (QED) is 0.726. The molecule has 1 atom stereocenters. The van der Waals surface area contributed by atoms with Crippen LogP contribution in [0.2, 0.25) is 0 Å². The molecule has 0 aliphatic carbocycles. The number of phenolic OH excluding ortho intramolecular Hbond substituents is 1. The van der Waals surface area contributed by atoms with Crippen molar-refractivity contribution < 1.29 is 36.6 Å². The molecule has 1 rings (SSSR count). The number of hydrogen-bond donors (Lipinski definition) is 3. The van der Waals surface area contributed by atoms with Crippen molar-refractivity contribution >= 4 is 16.0 Å². The largest absolute Gasteiger partial charge is 0.507 e. The van der Waals surface area contributed by atoms with E-state index in [-0.39, 0.29) is 18.4 Å². The van der Waals surface area contributed by atoms with Gasteiger partial charge in [0.05, 0.1) is 5.56 Å². The molecule has 0 saturated carbocycles. The van der Waals surface area contributed by atoms with Crippen LogP contribution in [0.3, 0.4) is 0 Å². The molecule has 0 aliphatic heterocycles. The van der Waals surface area contributed by atoms with Gasteiger partial charge in [0.25, 0.3) is 0 Å². The minimum Gasteiger partial charge on any atom is -0.507 e. The number of carboxylic acids is 1. The molecule has 1 unspecified atom stereocenters. The van der Waals surface area contributed by atoms with Gasteiger partial charge < -0.3 is 10.2 Å². The summed E-state index contributed by atoms with van der Waals surface area (Å²) in [5, 5.41) is 18.6. The number of nitrogens with one attached hydrogen (secondary N) is 1. The van der Waals surface area contributed by atoms with Crippen molar-refractivity contribution in [3.05, 3.63) is 23.8 Å². The first-order valence-corrected chi connectivity index (χ1v) is 7.98. The molecule has 130 valence electrons. The lowest BCUT2D eigenvalue weighted by Gasteiger charge is -2.17. The van der Waals surface area contributed by atoms with E-state index in [1.165, 1.54) is 0 Å². The average Bonchev–Trinajstić information content (AvgIpc) is 2.35. The summed E-state index contributed by atoms with van der Waals surface area (Å²) in [6.45, 7) is 3.32.